The van der Waals surface area contributed by atoms with Crippen LogP contribution in [0.5, 0.6) is 0 Å². The van der Waals surface area contributed by atoms with Gasteiger partial charge in [0.15, 0.2) is 0 Å². The SMILES string of the molecule is CCCc1nccn1CCCC(C)(NC1CC1)C(=O)O. The first-order valence-corrected chi connectivity index (χ1v) is 7.56. The van der Waals surface area contributed by atoms with Crippen LogP contribution in [0.3, 0.4) is 0 Å². The molecule has 1 aromatic rings. The van der Waals surface area contributed by atoms with Crippen molar-refractivity contribution < 1.29 is 9.90 Å². The first kappa shape index (κ1) is 15.0. The van der Waals surface area contributed by atoms with Crippen molar-refractivity contribution in [2.45, 2.75) is 70.5 Å². The van der Waals surface area contributed by atoms with E-state index in [0.29, 0.717) is 12.5 Å². The highest BCUT2D eigenvalue weighted by Gasteiger charge is 2.37. The zero-order valence-corrected chi connectivity index (χ0v) is 12.4. The molecule has 0 bridgehead atoms. The number of nitrogens with zero attached hydrogens (tertiary/aromatic N) is 2. The Balaban J connectivity index is 1.86. The predicted molar refractivity (Wildman–Crippen MR) is 77.7 cm³/mol. The average molecular weight is 279 g/mol. The van der Waals surface area contributed by atoms with Gasteiger partial charge in [-0.2, -0.15) is 0 Å². The molecule has 0 amide bonds. The molecular weight excluding hydrogens is 254 g/mol. The molecule has 1 heterocycles. The summed E-state index contributed by atoms with van der Waals surface area (Å²) in [5.74, 6) is 0.350. The smallest absolute Gasteiger partial charge is 0.323 e. The largest absolute Gasteiger partial charge is 0.480 e. The van der Waals surface area contributed by atoms with Gasteiger partial charge in [0.2, 0.25) is 0 Å². The number of aromatic nitrogens is 2. The van der Waals surface area contributed by atoms with Crippen molar-refractivity contribution in [3.8, 4) is 0 Å². The van der Waals surface area contributed by atoms with Crippen molar-refractivity contribution in [3.63, 3.8) is 0 Å². The number of carboxylic acid groups (broad SMARTS) is 1. The van der Waals surface area contributed by atoms with E-state index in [1.54, 1.807) is 6.92 Å². The van der Waals surface area contributed by atoms with Crippen molar-refractivity contribution in [1.82, 2.24) is 14.9 Å². The van der Waals surface area contributed by atoms with Gasteiger partial charge in [0.05, 0.1) is 0 Å². The number of carboxylic acids is 1. The predicted octanol–water partition coefficient (Wildman–Crippen LogP) is 2.21. The first-order valence-electron chi connectivity index (χ1n) is 7.56. The summed E-state index contributed by atoms with van der Waals surface area (Å²) in [6.45, 7) is 4.78. The number of aryl methyl sites for hydroxylation is 2. The normalized spacial score (nSPS) is 17.9. The molecule has 20 heavy (non-hydrogen) atoms. The van der Waals surface area contributed by atoms with Gasteiger partial charge in [-0.15, -0.1) is 0 Å². The summed E-state index contributed by atoms with van der Waals surface area (Å²) in [5, 5.41) is 12.7. The second-order valence-electron chi connectivity index (χ2n) is 5.95. The van der Waals surface area contributed by atoms with E-state index in [9.17, 15) is 9.90 Å². The second-order valence-corrected chi connectivity index (χ2v) is 5.95. The number of imidazole rings is 1. The van der Waals surface area contributed by atoms with Crippen LogP contribution in [-0.2, 0) is 17.8 Å². The summed E-state index contributed by atoms with van der Waals surface area (Å²) in [7, 11) is 0. The van der Waals surface area contributed by atoms with E-state index in [2.05, 4.69) is 21.8 Å². The maximum Gasteiger partial charge on any atom is 0.323 e. The summed E-state index contributed by atoms with van der Waals surface area (Å²) >= 11 is 0. The van der Waals surface area contributed by atoms with Crippen molar-refractivity contribution in [2.75, 3.05) is 0 Å². The molecular formula is C15H25N3O2. The molecule has 2 rings (SSSR count). The third kappa shape index (κ3) is 3.82. The molecule has 1 aliphatic carbocycles. The van der Waals surface area contributed by atoms with Gasteiger partial charge < -0.3 is 9.67 Å². The summed E-state index contributed by atoms with van der Waals surface area (Å²) < 4.78 is 2.14. The molecule has 0 radical (unpaired) electrons. The number of carbonyl (C=O) groups is 1. The van der Waals surface area contributed by atoms with Crippen molar-refractivity contribution >= 4 is 5.97 Å². The lowest BCUT2D eigenvalue weighted by Gasteiger charge is -2.26. The first-order chi connectivity index (χ1) is 9.55. The maximum absolute atomic E-state index is 11.5. The van der Waals surface area contributed by atoms with E-state index in [-0.39, 0.29) is 0 Å². The summed E-state index contributed by atoms with van der Waals surface area (Å²) in [5.41, 5.74) is -0.799. The minimum absolute atomic E-state index is 0.403. The molecule has 0 spiro atoms. The number of hydrogen-bond acceptors (Lipinski definition) is 3. The van der Waals surface area contributed by atoms with Crippen LogP contribution in [0.1, 0.15) is 51.8 Å². The van der Waals surface area contributed by atoms with Gasteiger partial charge in [-0.3, -0.25) is 10.1 Å². The summed E-state index contributed by atoms with van der Waals surface area (Å²) in [6.07, 6.45) is 9.55. The number of aliphatic carboxylic acids is 1. The maximum atomic E-state index is 11.5. The van der Waals surface area contributed by atoms with Crippen LogP contribution in [0.15, 0.2) is 12.4 Å². The van der Waals surface area contributed by atoms with E-state index >= 15 is 0 Å². The van der Waals surface area contributed by atoms with Crippen LogP contribution in [0, 0.1) is 0 Å². The van der Waals surface area contributed by atoms with Gasteiger partial charge in [-0.1, -0.05) is 6.92 Å². The molecule has 1 saturated carbocycles. The highest BCUT2D eigenvalue weighted by Crippen LogP contribution is 2.25. The average Bonchev–Trinajstić information content (AvgIpc) is 3.09. The second kappa shape index (κ2) is 6.39. The van der Waals surface area contributed by atoms with Crippen molar-refractivity contribution in [1.29, 1.82) is 0 Å². The molecule has 112 valence electrons. The molecule has 1 atom stereocenters. The molecule has 2 N–H and O–H groups in total. The Labute approximate surface area is 120 Å². The summed E-state index contributed by atoms with van der Waals surface area (Å²) in [6, 6.07) is 0.403. The Morgan fingerprint density at radius 3 is 2.95 bits per heavy atom. The Kier molecular flexibility index (Phi) is 4.81. The Morgan fingerprint density at radius 2 is 2.35 bits per heavy atom. The zero-order valence-electron chi connectivity index (χ0n) is 12.4. The molecule has 0 aliphatic heterocycles. The number of rotatable bonds is 9. The zero-order chi connectivity index (χ0) is 14.6. The van der Waals surface area contributed by atoms with E-state index in [1.165, 1.54) is 0 Å². The van der Waals surface area contributed by atoms with E-state index in [1.807, 2.05) is 12.4 Å². The molecule has 1 unspecified atom stereocenters. The highest BCUT2D eigenvalue weighted by atomic mass is 16.4. The van der Waals surface area contributed by atoms with E-state index in [0.717, 1.165) is 44.5 Å². The van der Waals surface area contributed by atoms with Gasteiger partial charge in [-0.05, 0) is 39.0 Å². The van der Waals surface area contributed by atoms with Gasteiger partial charge >= 0.3 is 5.97 Å². The molecule has 1 fully saturated rings. The minimum atomic E-state index is -0.799. The standard InChI is InChI=1S/C15H25N3O2/c1-3-5-13-16-9-11-18(13)10-4-8-15(2,14(19)20)17-12-6-7-12/h9,11-12,17H,3-8,10H2,1-2H3,(H,19,20). The van der Waals surface area contributed by atoms with Crippen LogP contribution >= 0.6 is 0 Å². The van der Waals surface area contributed by atoms with E-state index < -0.39 is 11.5 Å². The minimum Gasteiger partial charge on any atom is -0.480 e. The fourth-order valence-corrected chi connectivity index (χ4v) is 2.52. The lowest BCUT2D eigenvalue weighted by atomic mass is 9.95. The van der Waals surface area contributed by atoms with Gasteiger partial charge in [0, 0.05) is 31.4 Å². The van der Waals surface area contributed by atoms with Crippen LogP contribution in [-0.4, -0.2) is 32.2 Å². The lowest BCUT2D eigenvalue weighted by Crippen LogP contribution is -2.50. The van der Waals surface area contributed by atoms with Gasteiger partial charge in [0.1, 0.15) is 11.4 Å². The monoisotopic (exact) mass is 279 g/mol. The van der Waals surface area contributed by atoms with Gasteiger partial charge in [0.25, 0.3) is 0 Å². The lowest BCUT2D eigenvalue weighted by molar-refractivity contribution is -0.144. The Morgan fingerprint density at radius 1 is 1.60 bits per heavy atom. The fraction of sp³-hybridized carbons (Fsp3) is 0.733. The third-order valence-electron chi connectivity index (χ3n) is 3.92. The Hall–Kier alpha value is -1.36. The Bertz CT molecular complexity index is 454. The number of nitrogens with one attached hydrogen (secondary N) is 1. The molecule has 0 saturated heterocycles. The fourth-order valence-electron chi connectivity index (χ4n) is 2.52. The summed E-state index contributed by atoms with van der Waals surface area (Å²) in [4.78, 5) is 15.8. The van der Waals surface area contributed by atoms with Crippen molar-refractivity contribution in [3.05, 3.63) is 18.2 Å². The van der Waals surface area contributed by atoms with Gasteiger partial charge in [-0.25, -0.2) is 4.98 Å². The van der Waals surface area contributed by atoms with Crippen LogP contribution in [0.2, 0.25) is 0 Å². The van der Waals surface area contributed by atoms with Crippen LogP contribution in [0.4, 0.5) is 0 Å². The highest BCUT2D eigenvalue weighted by molar-refractivity contribution is 5.78. The molecule has 5 heteroatoms. The van der Waals surface area contributed by atoms with Crippen LogP contribution < -0.4 is 5.32 Å². The molecule has 1 aliphatic rings. The number of hydrogen-bond donors (Lipinski definition) is 2. The van der Waals surface area contributed by atoms with Crippen LogP contribution in [0.25, 0.3) is 0 Å². The quantitative estimate of drug-likeness (QED) is 0.727. The third-order valence-corrected chi connectivity index (χ3v) is 3.92. The molecule has 5 nitrogen and oxygen atoms in total. The topological polar surface area (TPSA) is 67.2 Å². The van der Waals surface area contributed by atoms with E-state index in [4.69, 9.17) is 0 Å². The van der Waals surface area contributed by atoms with Crippen molar-refractivity contribution in [2.24, 2.45) is 0 Å². The molecule has 0 aromatic carbocycles. The molecule has 1 aromatic heterocycles.